The first-order valence-corrected chi connectivity index (χ1v) is 6.85. The highest BCUT2D eigenvalue weighted by Crippen LogP contribution is 2.34. The van der Waals surface area contributed by atoms with Crippen molar-refractivity contribution in [3.63, 3.8) is 0 Å². The fourth-order valence-corrected chi connectivity index (χ4v) is 3.27. The summed E-state index contributed by atoms with van der Waals surface area (Å²) in [6.07, 6.45) is 1.72. The van der Waals surface area contributed by atoms with Gasteiger partial charge in [-0.3, -0.25) is 0 Å². The molecule has 2 N–H and O–H groups in total. The predicted octanol–water partition coefficient (Wildman–Crippen LogP) is 1.34. The smallest absolute Gasteiger partial charge is 0.216 e. The second-order valence-corrected chi connectivity index (χ2v) is 5.67. The topological polar surface area (TPSA) is 63.4 Å². The summed E-state index contributed by atoms with van der Waals surface area (Å²) < 4.78 is 24.3. The molecule has 0 aromatic heterocycles. The van der Waals surface area contributed by atoms with Crippen LogP contribution in [0.3, 0.4) is 0 Å². The summed E-state index contributed by atoms with van der Waals surface area (Å²) in [7, 11) is -3.58. The molecule has 1 aliphatic heterocycles. The summed E-state index contributed by atoms with van der Waals surface area (Å²) in [5, 5.41) is 5.22. The summed E-state index contributed by atoms with van der Waals surface area (Å²) in [5.74, 6) is 0. The van der Waals surface area contributed by atoms with Crippen LogP contribution in [0, 0.1) is 6.92 Å². The molecule has 0 radical (unpaired) electrons. The molecule has 1 aromatic rings. The summed E-state index contributed by atoms with van der Waals surface area (Å²) in [6.45, 7) is 2.52. The van der Waals surface area contributed by atoms with Crippen LogP contribution in [0.15, 0.2) is 24.3 Å². The SMILES string of the molecule is Cc1ccccc1C1CCCN1S(N)(=O)=O. The number of nitrogens with zero attached hydrogens (tertiary/aromatic N) is 1. The first-order chi connectivity index (χ1) is 7.50. The fraction of sp³-hybridized carbons (Fsp3) is 0.455. The largest absolute Gasteiger partial charge is 0.277 e. The van der Waals surface area contributed by atoms with Crippen molar-refractivity contribution >= 4 is 10.2 Å². The van der Waals surface area contributed by atoms with Gasteiger partial charge < -0.3 is 0 Å². The molecular weight excluding hydrogens is 224 g/mol. The van der Waals surface area contributed by atoms with Gasteiger partial charge in [-0.15, -0.1) is 0 Å². The first kappa shape index (κ1) is 11.6. The normalized spacial score (nSPS) is 22.5. The molecule has 0 bridgehead atoms. The van der Waals surface area contributed by atoms with Gasteiger partial charge in [0, 0.05) is 6.54 Å². The van der Waals surface area contributed by atoms with Crippen LogP contribution in [0.1, 0.15) is 30.0 Å². The molecule has 1 fully saturated rings. The summed E-state index contributed by atoms with van der Waals surface area (Å²) in [5.41, 5.74) is 2.18. The van der Waals surface area contributed by atoms with E-state index in [4.69, 9.17) is 5.14 Å². The lowest BCUT2D eigenvalue weighted by molar-refractivity contribution is 0.396. The third-order valence-corrected chi connectivity index (χ3v) is 4.17. The van der Waals surface area contributed by atoms with E-state index in [9.17, 15) is 8.42 Å². The minimum atomic E-state index is -3.58. The van der Waals surface area contributed by atoms with Crippen LogP contribution in [-0.2, 0) is 10.2 Å². The van der Waals surface area contributed by atoms with Gasteiger partial charge in [-0.05, 0) is 30.9 Å². The predicted molar refractivity (Wildman–Crippen MR) is 63.0 cm³/mol. The number of benzene rings is 1. The lowest BCUT2D eigenvalue weighted by Crippen LogP contribution is -2.36. The van der Waals surface area contributed by atoms with E-state index in [1.54, 1.807) is 0 Å². The van der Waals surface area contributed by atoms with E-state index in [0.29, 0.717) is 6.54 Å². The molecule has 2 rings (SSSR count). The molecule has 1 unspecified atom stereocenters. The second-order valence-electron chi connectivity index (χ2n) is 4.17. The maximum atomic E-state index is 11.4. The van der Waals surface area contributed by atoms with Crippen molar-refractivity contribution in [2.45, 2.75) is 25.8 Å². The number of rotatable bonds is 2. The standard InChI is InChI=1S/C11H16N2O2S/c1-9-5-2-3-6-10(9)11-7-4-8-13(11)16(12,14)15/h2-3,5-6,11H,4,7-8H2,1H3,(H2,12,14,15). The van der Waals surface area contributed by atoms with Gasteiger partial charge in [0.05, 0.1) is 6.04 Å². The van der Waals surface area contributed by atoms with E-state index < -0.39 is 10.2 Å². The van der Waals surface area contributed by atoms with Gasteiger partial charge in [0.1, 0.15) is 0 Å². The van der Waals surface area contributed by atoms with Crippen molar-refractivity contribution in [2.75, 3.05) is 6.54 Å². The second kappa shape index (κ2) is 4.16. The van der Waals surface area contributed by atoms with Crippen LogP contribution < -0.4 is 5.14 Å². The van der Waals surface area contributed by atoms with Gasteiger partial charge in [0.15, 0.2) is 0 Å². The van der Waals surface area contributed by atoms with E-state index in [1.165, 1.54) is 4.31 Å². The van der Waals surface area contributed by atoms with Gasteiger partial charge in [0.2, 0.25) is 0 Å². The van der Waals surface area contributed by atoms with Crippen LogP contribution in [-0.4, -0.2) is 19.3 Å². The van der Waals surface area contributed by atoms with Crippen molar-refractivity contribution in [1.82, 2.24) is 4.31 Å². The summed E-state index contributed by atoms with van der Waals surface area (Å²) >= 11 is 0. The van der Waals surface area contributed by atoms with Gasteiger partial charge in [-0.1, -0.05) is 24.3 Å². The monoisotopic (exact) mass is 240 g/mol. The maximum Gasteiger partial charge on any atom is 0.277 e. The van der Waals surface area contributed by atoms with Crippen LogP contribution in [0.5, 0.6) is 0 Å². The zero-order valence-corrected chi connectivity index (χ0v) is 10.1. The summed E-state index contributed by atoms with van der Waals surface area (Å²) in [6, 6.07) is 7.77. The van der Waals surface area contributed by atoms with Crippen molar-refractivity contribution in [3.8, 4) is 0 Å². The number of aryl methyl sites for hydroxylation is 1. The highest BCUT2D eigenvalue weighted by Gasteiger charge is 2.33. The highest BCUT2D eigenvalue weighted by atomic mass is 32.2. The van der Waals surface area contributed by atoms with E-state index >= 15 is 0 Å². The first-order valence-electron chi connectivity index (χ1n) is 5.35. The van der Waals surface area contributed by atoms with Gasteiger partial charge in [0.25, 0.3) is 10.2 Å². The molecule has 88 valence electrons. The van der Waals surface area contributed by atoms with Gasteiger partial charge in [-0.25, -0.2) is 5.14 Å². The average molecular weight is 240 g/mol. The van der Waals surface area contributed by atoms with Crippen LogP contribution in [0.2, 0.25) is 0 Å². The Balaban J connectivity index is 2.38. The Morgan fingerprint density at radius 2 is 2.06 bits per heavy atom. The molecule has 1 aromatic carbocycles. The van der Waals surface area contributed by atoms with Crippen LogP contribution >= 0.6 is 0 Å². The van der Waals surface area contributed by atoms with E-state index in [-0.39, 0.29) is 6.04 Å². The molecule has 1 atom stereocenters. The molecule has 1 aliphatic rings. The van der Waals surface area contributed by atoms with Crippen molar-refractivity contribution in [3.05, 3.63) is 35.4 Å². The van der Waals surface area contributed by atoms with E-state index in [1.807, 2.05) is 31.2 Å². The Morgan fingerprint density at radius 1 is 1.38 bits per heavy atom. The minimum Gasteiger partial charge on any atom is -0.216 e. The Kier molecular flexibility index (Phi) is 3.01. The zero-order chi connectivity index (χ0) is 11.8. The zero-order valence-electron chi connectivity index (χ0n) is 9.26. The van der Waals surface area contributed by atoms with Gasteiger partial charge >= 0.3 is 0 Å². The lowest BCUT2D eigenvalue weighted by atomic mass is 10.0. The maximum absolute atomic E-state index is 11.4. The summed E-state index contributed by atoms with van der Waals surface area (Å²) in [4.78, 5) is 0. The Morgan fingerprint density at radius 3 is 2.69 bits per heavy atom. The molecule has 5 heteroatoms. The molecular formula is C11H16N2O2S. The third kappa shape index (κ3) is 2.11. The van der Waals surface area contributed by atoms with Crippen molar-refractivity contribution in [2.24, 2.45) is 5.14 Å². The fourth-order valence-electron chi connectivity index (χ4n) is 2.32. The molecule has 0 aliphatic carbocycles. The molecule has 0 saturated carbocycles. The molecule has 0 spiro atoms. The van der Waals surface area contributed by atoms with Crippen molar-refractivity contribution < 1.29 is 8.42 Å². The van der Waals surface area contributed by atoms with Crippen molar-refractivity contribution in [1.29, 1.82) is 0 Å². The number of hydrogen-bond acceptors (Lipinski definition) is 2. The Bertz CT molecular complexity index is 485. The highest BCUT2D eigenvalue weighted by molar-refractivity contribution is 7.86. The van der Waals surface area contributed by atoms with Gasteiger partial charge in [-0.2, -0.15) is 12.7 Å². The molecule has 16 heavy (non-hydrogen) atoms. The quantitative estimate of drug-likeness (QED) is 0.847. The molecule has 0 amide bonds. The van der Waals surface area contributed by atoms with E-state index in [0.717, 1.165) is 24.0 Å². The Labute approximate surface area is 96.2 Å². The van der Waals surface area contributed by atoms with Crippen LogP contribution in [0.4, 0.5) is 0 Å². The third-order valence-electron chi connectivity index (χ3n) is 3.08. The lowest BCUT2D eigenvalue weighted by Gasteiger charge is -2.23. The Hall–Kier alpha value is -0.910. The average Bonchev–Trinajstić information content (AvgIpc) is 2.66. The molecule has 4 nitrogen and oxygen atoms in total. The number of hydrogen-bond donors (Lipinski definition) is 1. The molecule has 1 saturated heterocycles. The number of nitrogens with two attached hydrogens (primary N) is 1. The minimum absolute atomic E-state index is 0.0869. The van der Waals surface area contributed by atoms with Crippen LogP contribution in [0.25, 0.3) is 0 Å². The molecule has 1 heterocycles. The van der Waals surface area contributed by atoms with E-state index in [2.05, 4.69) is 0 Å².